The largest absolute Gasteiger partial charge is 0.481 e. The molecule has 0 aromatic heterocycles. The van der Waals surface area contributed by atoms with Crippen molar-refractivity contribution in [2.24, 2.45) is 28.1 Å². The predicted molar refractivity (Wildman–Crippen MR) is 125 cm³/mol. The fourth-order valence-corrected chi connectivity index (χ4v) is 2.80. The van der Waals surface area contributed by atoms with Crippen LogP contribution in [0.3, 0.4) is 0 Å². The highest BCUT2D eigenvalue weighted by molar-refractivity contribution is 5.95. The number of guanidine groups is 1. The third-order valence-corrected chi connectivity index (χ3v) is 4.87. The SMILES string of the molecule is CC(C)C(N)C(=O)NC(CCC(=O)O)C(=O)NC(CC(=O)O)C(=O)NC(CCCN=C(N)N)C(=O)O. The van der Waals surface area contributed by atoms with Gasteiger partial charge >= 0.3 is 17.9 Å². The van der Waals surface area contributed by atoms with Crippen molar-refractivity contribution in [2.75, 3.05) is 6.54 Å². The lowest BCUT2D eigenvalue weighted by Crippen LogP contribution is -2.58. The summed E-state index contributed by atoms with van der Waals surface area (Å²) in [6.07, 6.45) is -1.74. The van der Waals surface area contributed by atoms with Crippen molar-refractivity contribution in [1.82, 2.24) is 16.0 Å². The molecule has 0 aromatic carbocycles. The van der Waals surface area contributed by atoms with Gasteiger partial charge in [0, 0.05) is 13.0 Å². The number of carboxylic acids is 3. The molecule has 0 heterocycles. The number of aliphatic imine (C=N–C) groups is 1. The van der Waals surface area contributed by atoms with Crippen LogP contribution in [0.2, 0.25) is 0 Å². The van der Waals surface area contributed by atoms with Crippen LogP contribution in [0.1, 0.15) is 46.0 Å². The summed E-state index contributed by atoms with van der Waals surface area (Å²) in [5.41, 5.74) is 16.1. The minimum atomic E-state index is -1.72. The summed E-state index contributed by atoms with van der Waals surface area (Å²) >= 11 is 0. The van der Waals surface area contributed by atoms with E-state index in [0.717, 1.165) is 0 Å². The van der Waals surface area contributed by atoms with Gasteiger partial charge in [-0.2, -0.15) is 0 Å². The third-order valence-electron chi connectivity index (χ3n) is 4.87. The highest BCUT2D eigenvalue weighted by Crippen LogP contribution is 2.06. The van der Waals surface area contributed by atoms with Crippen LogP contribution in [0.25, 0.3) is 0 Å². The molecule has 0 rings (SSSR count). The topological polar surface area (TPSA) is 290 Å². The fourth-order valence-electron chi connectivity index (χ4n) is 2.80. The van der Waals surface area contributed by atoms with Crippen molar-refractivity contribution in [3.8, 4) is 0 Å². The Kier molecular flexibility index (Phi) is 14.1. The quantitative estimate of drug-likeness (QED) is 0.0526. The molecule has 0 aliphatic heterocycles. The minimum absolute atomic E-state index is 0.0841. The number of hydrogen-bond donors (Lipinski definition) is 9. The molecule has 0 aromatic rings. The molecule has 0 fully saturated rings. The summed E-state index contributed by atoms with van der Waals surface area (Å²) in [6, 6.07) is -5.63. The van der Waals surface area contributed by atoms with Gasteiger partial charge in [-0.1, -0.05) is 13.8 Å². The first kappa shape index (κ1) is 32.0. The van der Waals surface area contributed by atoms with E-state index in [-0.39, 0.29) is 37.7 Å². The van der Waals surface area contributed by atoms with E-state index in [1.54, 1.807) is 13.8 Å². The van der Waals surface area contributed by atoms with E-state index in [0.29, 0.717) is 0 Å². The molecule has 4 unspecified atom stereocenters. The van der Waals surface area contributed by atoms with Gasteiger partial charge in [0.1, 0.15) is 18.1 Å². The Morgan fingerprint density at radius 1 is 0.778 bits per heavy atom. The van der Waals surface area contributed by atoms with Crippen LogP contribution in [0.5, 0.6) is 0 Å². The van der Waals surface area contributed by atoms with Gasteiger partial charge in [0.25, 0.3) is 0 Å². The second-order valence-electron chi connectivity index (χ2n) is 8.27. The molecule has 16 heteroatoms. The lowest BCUT2D eigenvalue weighted by Gasteiger charge is -2.25. The molecule has 0 saturated heterocycles. The normalized spacial score (nSPS) is 14.0. The molecule has 36 heavy (non-hydrogen) atoms. The van der Waals surface area contributed by atoms with Crippen molar-refractivity contribution in [3.63, 3.8) is 0 Å². The molecule has 0 radical (unpaired) electrons. The molecular weight excluding hydrogens is 482 g/mol. The number of nitrogens with zero attached hydrogens (tertiary/aromatic N) is 1. The average molecular weight is 518 g/mol. The lowest BCUT2D eigenvalue weighted by atomic mass is 10.0. The summed E-state index contributed by atoms with van der Waals surface area (Å²) in [7, 11) is 0. The monoisotopic (exact) mass is 517 g/mol. The minimum Gasteiger partial charge on any atom is -0.481 e. The first-order valence-corrected chi connectivity index (χ1v) is 11.0. The number of carbonyl (C=O) groups excluding carboxylic acids is 3. The average Bonchev–Trinajstić information content (AvgIpc) is 2.76. The van der Waals surface area contributed by atoms with Crippen molar-refractivity contribution < 1.29 is 44.1 Å². The van der Waals surface area contributed by atoms with Gasteiger partial charge in [-0.25, -0.2) is 4.79 Å². The maximum atomic E-state index is 12.8. The van der Waals surface area contributed by atoms with E-state index in [9.17, 15) is 33.9 Å². The second kappa shape index (κ2) is 15.9. The van der Waals surface area contributed by atoms with Gasteiger partial charge in [-0.15, -0.1) is 0 Å². The molecule has 0 saturated carbocycles. The Labute approximate surface area is 207 Å². The van der Waals surface area contributed by atoms with E-state index in [1.807, 2.05) is 0 Å². The summed E-state index contributed by atoms with van der Waals surface area (Å²) in [6.45, 7) is 3.39. The van der Waals surface area contributed by atoms with E-state index < -0.39 is 72.6 Å². The van der Waals surface area contributed by atoms with Gasteiger partial charge in [0.05, 0.1) is 12.5 Å². The molecule has 0 bridgehead atoms. The summed E-state index contributed by atoms with van der Waals surface area (Å²) in [5, 5.41) is 34.1. The number of nitrogens with one attached hydrogen (secondary N) is 3. The van der Waals surface area contributed by atoms with Gasteiger partial charge in [-0.05, 0) is 25.2 Å². The van der Waals surface area contributed by atoms with Gasteiger partial charge in [-0.3, -0.25) is 29.0 Å². The maximum absolute atomic E-state index is 12.8. The van der Waals surface area contributed by atoms with E-state index in [4.69, 9.17) is 27.4 Å². The number of nitrogens with two attached hydrogens (primary N) is 3. The Morgan fingerprint density at radius 3 is 1.78 bits per heavy atom. The molecule has 0 aliphatic rings. The Balaban J connectivity index is 5.55. The molecular formula is C20H35N7O9. The number of amides is 3. The highest BCUT2D eigenvalue weighted by Gasteiger charge is 2.32. The van der Waals surface area contributed by atoms with E-state index in [1.165, 1.54) is 0 Å². The standard InChI is InChI=1S/C20H35N7O9/c1-9(2)15(21)18(34)25-10(5-6-13(28)29)16(32)27-12(8-14(30)31)17(33)26-11(19(35)36)4-3-7-24-20(22)23/h9-12,15H,3-8,21H2,1-2H3,(H,25,34)(H,26,33)(H,27,32)(H,28,29)(H,30,31)(H,35,36)(H4,22,23,24). The number of hydrogen-bond acceptors (Lipinski definition) is 8. The third kappa shape index (κ3) is 13.1. The van der Waals surface area contributed by atoms with Crippen LogP contribution in [-0.2, 0) is 28.8 Å². The number of aliphatic carboxylic acids is 3. The number of carboxylic acid groups (broad SMARTS) is 3. The molecule has 16 nitrogen and oxygen atoms in total. The van der Waals surface area contributed by atoms with Gasteiger partial charge in [0.2, 0.25) is 17.7 Å². The first-order valence-electron chi connectivity index (χ1n) is 11.0. The molecule has 12 N–H and O–H groups in total. The van der Waals surface area contributed by atoms with Crippen molar-refractivity contribution in [1.29, 1.82) is 0 Å². The fraction of sp³-hybridized carbons (Fsp3) is 0.650. The Bertz CT molecular complexity index is 843. The smallest absolute Gasteiger partial charge is 0.326 e. The van der Waals surface area contributed by atoms with Crippen LogP contribution in [-0.4, -0.2) is 87.6 Å². The zero-order chi connectivity index (χ0) is 28.0. The van der Waals surface area contributed by atoms with Gasteiger partial charge in [0.15, 0.2) is 5.96 Å². The highest BCUT2D eigenvalue weighted by atomic mass is 16.4. The zero-order valence-electron chi connectivity index (χ0n) is 20.1. The van der Waals surface area contributed by atoms with Crippen LogP contribution in [0.15, 0.2) is 4.99 Å². The molecule has 4 atom stereocenters. The predicted octanol–water partition coefficient (Wildman–Crippen LogP) is -3.10. The first-order chi connectivity index (χ1) is 16.6. The summed E-state index contributed by atoms with van der Waals surface area (Å²) < 4.78 is 0. The lowest BCUT2D eigenvalue weighted by molar-refractivity contribution is -0.143. The molecule has 3 amide bonds. The maximum Gasteiger partial charge on any atom is 0.326 e. The van der Waals surface area contributed by atoms with Crippen molar-refractivity contribution in [3.05, 3.63) is 0 Å². The van der Waals surface area contributed by atoms with Crippen molar-refractivity contribution >= 4 is 41.6 Å². The Hall–Kier alpha value is -3.95. The van der Waals surface area contributed by atoms with E-state index in [2.05, 4.69) is 20.9 Å². The Morgan fingerprint density at radius 2 is 1.31 bits per heavy atom. The number of rotatable bonds is 17. The molecule has 0 spiro atoms. The summed E-state index contributed by atoms with van der Waals surface area (Å²) in [4.78, 5) is 75.2. The van der Waals surface area contributed by atoms with Crippen LogP contribution < -0.4 is 33.2 Å². The van der Waals surface area contributed by atoms with Crippen LogP contribution >= 0.6 is 0 Å². The van der Waals surface area contributed by atoms with E-state index >= 15 is 0 Å². The second-order valence-corrected chi connectivity index (χ2v) is 8.27. The molecule has 0 aliphatic carbocycles. The van der Waals surface area contributed by atoms with Crippen LogP contribution in [0.4, 0.5) is 0 Å². The van der Waals surface area contributed by atoms with Crippen molar-refractivity contribution in [2.45, 2.75) is 70.1 Å². The van der Waals surface area contributed by atoms with Crippen LogP contribution in [0, 0.1) is 5.92 Å². The van der Waals surface area contributed by atoms with Gasteiger partial charge < -0.3 is 48.5 Å². The molecule has 204 valence electrons. The summed E-state index contributed by atoms with van der Waals surface area (Å²) in [5.74, 6) is -7.57. The zero-order valence-corrected chi connectivity index (χ0v) is 20.1. The number of carbonyl (C=O) groups is 6.